The lowest BCUT2D eigenvalue weighted by Gasteiger charge is -2.05. The number of aryl methyl sites for hydroxylation is 2. The fourth-order valence-electron chi connectivity index (χ4n) is 1.47. The van der Waals surface area contributed by atoms with Gasteiger partial charge in [-0.1, -0.05) is 23.4 Å². The van der Waals surface area contributed by atoms with Gasteiger partial charge in [-0.15, -0.1) is 0 Å². The maximum absolute atomic E-state index is 13.5. The standard InChI is InChI=1S/C12H11ClFN3S/c1-7-3-8(2)17-12(16-7)18-6-9-10(13)4-15-5-11(9)14/h3-5H,6H2,1-2H3. The second-order valence-corrected chi connectivity index (χ2v) is 5.15. The van der Waals surface area contributed by atoms with Crippen LogP contribution in [0.4, 0.5) is 4.39 Å². The highest BCUT2D eigenvalue weighted by Crippen LogP contribution is 2.26. The highest BCUT2D eigenvalue weighted by molar-refractivity contribution is 7.98. The Labute approximate surface area is 114 Å². The van der Waals surface area contributed by atoms with Crippen molar-refractivity contribution in [1.29, 1.82) is 0 Å². The van der Waals surface area contributed by atoms with Crippen LogP contribution in [0.5, 0.6) is 0 Å². The summed E-state index contributed by atoms with van der Waals surface area (Å²) in [6.45, 7) is 3.80. The van der Waals surface area contributed by atoms with E-state index in [2.05, 4.69) is 15.0 Å². The van der Waals surface area contributed by atoms with Crippen LogP contribution >= 0.6 is 23.4 Å². The molecule has 2 aromatic heterocycles. The van der Waals surface area contributed by atoms with Gasteiger partial charge in [0.1, 0.15) is 5.82 Å². The molecule has 94 valence electrons. The van der Waals surface area contributed by atoms with E-state index in [9.17, 15) is 4.39 Å². The summed E-state index contributed by atoms with van der Waals surface area (Å²) in [4.78, 5) is 12.2. The number of hydrogen-bond donors (Lipinski definition) is 0. The van der Waals surface area contributed by atoms with Gasteiger partial charge >= 0.3 is 0 Å². The van der Waals surface area contributed by atoms with E-state index in [1.165, 1.54) is 18.0 Å². The molecular formula is C12H11ClFN3S. The van der Waals surface area contributed by atoms with Gasteiger partial charge in [-0.25, -0.2) is 14.4 Å². The Morgan fingerprint density at radius 2 is 1.89 bits per heavy atom. The van der Waals surface area contributed by atoms with Crippen molar-refractivity contribution in [1.82, 2.24) is 15.0 Å². The molecular weight excluding hydrogens is 273 g/mol. The minimum absolute atomic E-state index is 0.326. The number of aromatic nitrogens is 3. The summed E-state index contributed by atoms with van der Waals surface area (Å²) in [5, 5.41) is 0.951. The van der Waals surface area contributed by atoms with Crippen molar-refractivity contribution in [3.05, 3.63) is 46.3 Å². The molecule has 0 fully saturated rings. The van der Waals surface area contributed by atoms with Gasteiger partial charge in [0.15, 0.2) is 5.16 Å². The molecule has 3 nitrogen and oxygen atoms in total. The highest BCUT2D eigenvalue weighted by Gasteiger charge is 2.09. The maximum Gasteiger partial charge on any atom is 0.188 e. The van der Waals surface area contributed by atoms with Crippen LogP contribution in [0.1, 0.15) is 17.0 Å². The van der Waals surface area contributed by atoms with Crippen molar-refractivity contribution in [2.24, 2.45) is 0 Å². The number of pyridine rings is 1. The quantitative estimate of drug-likeness (QED) is 0.638. The normalized spacial score (nSPS) is 10.7. The third-order valence-electron chi connectivity index (χ3n) is 2.26. The predicted octanol–water partition coefficient (Wildman–Crippen LogP) is 3.57. The zero-order valence-electron chi connectivity index (χ0n) is 9.94. The lowest BCUT2D eigenvalue weighted by molar-refractivity contribution is 0.611. The lowest BCUT2D eigenvalue weighted by Crippen LogP contribution is -1.95. The molecule has 0 saturated carbocycles. The van der Waals surface area contributed by atoms with E-state index < -0.39 is 5.82 Å². The number of hydrogen-bond acceptors (Lipinski definition) is 4. The molecule has 0 radical (unpaired) electrons. The number of rotatable bonds is 3. The number of halogens is 2. The van der Waals surface area contributed by atoms with E-state index in [1.807, 2.05) is 19.9 Å². The molecule has 0 unspecified atom stereocenters. The summed E-state index contributed by atoms with van der Waals surface area (Å²) in [6, 6.07) is 1.89. The number of thioether (sulfide) groups is 1. The van der Waals surface area contributed by atoms with Crippen molar-refractivity contribution in [2.75, 3.05) is 0 Å². The molecule has 0 atom stereocenters. The van der Waals surface area contributed by atoms with Crippen LogP contribution < -0.4 is 0 Å². The van der Waals surface area contributed by atoms with Gasteiger partial charge in [0.25, 0.3) is 0 Å². The minimum atomic E-state index is -0.403. The smallest absolute Gasteiger partial charge is 0.188 e. The van der Waals surface area contributed by atoms with Gasteiger partial charge in [0.2, 0.25) is 0 Å². The topological polar surface area (TPSA) is 38.7 Å². The van der Waals surface area contributed by atoms with Crippen LogP contribution in [0.3, 0.4) is 0 Å². The summed E-state index contributed by atoms with van der Waals surface area (Å²) < 4.78 is 13.5. The Morgan fingerprint density at radius 1 is 1.22 bits per heavy atom. The van der Waals surface area contributed by atoms with Crippen LogP contribution in [-0.4, -0.2) is 15.0 Å². The Bertz CT molecular complexity index is 537. The monoisotopic (exact) mass is 283 g/mol. The third kappa shape index (κ3) is 3.17. The third-order valence-corrected chi connectivity index (χ3v) is 3.46. The van der Waals surface area contributed by atoms with E-state index >= 15 is 0 Å². The first kappa shape index (κ1) is 13.2. The molecule has 2 rings (SSSR count). The zero-order valence-corrected chi connectivity index (χ0v) is 11.5. The van der Waals surface area contributed by atoms with E-state index in [1.54, 1.807) is 0 Å². The molecule has 18 heavy (non-hydrogen) atoms. The van der Waals surface area contributed by atoms with Crippen LogP contribution in [0.25, 0.3) is 0 Å². The van der Waals surface area contributed by atoms with Crippen LogP contribution in [-0.2, 0) is 5.75 Å². The molecule has 0 bridgehead atoms. The first-order chi connectivity index (χ1) is 8.56. The highest BCUT2D eigenvalue weighted by atomic mass is 35.5. The molecule has 6 heteroatoms. The van der Waals surface area contributed by atoms with Gasteiger partial charge < -0.3 is 0 Å². The number of nitrogens with zero attached hydrogens (tertiary/aromatic N) is 3. The fraction of sp³-hybridized carbons (Fsp3) is 0.250. The second-order valence-electron chi connectivity index (χ2n) is 3.80. The predicted molar refractivity (Wildman–Crippen MR) is 70.3 cm³/mol. The Hall–Kier alpha value is -1.20. The summed E-state index contributed by atoms with van der Waals surface area (Å²) in [5.41, 5.74) is 2.22. The average Bonchev–Trinajstić information content (AvgIpc) is 2.27. The van der Waals surface area contributed by atoms with Gasteiger partial charge in [0.05, 0.1) is 11.2 Å². The van der Waals surface area contributed by atoms with E-state index in [-0.39, 0.29) is 0 Å². The minimum Gasteiger partial charge on any atom is -0.260 e. The molecule has 0 N–H and O–H groups in total. The van der Waals surface area contributed by atoms with Crippen molar-refractivity contribution in [2.45, 2.75) is 24.8 Å². The van der Waals surface area contributed by atoms with Crippen LogP contribution in [0, 0.1) is 19.7 Å². The van der Waals surface area contributed by atoms with Gasteiger partial charge in [0, 0.05) is 28.9 Å². The van der Waals surface area contributed by atoms with Gasteiger partial charge in [-0.05, 0) is 19.9 Å². The van der Waals surface area contributed by atoms with E-state index in [0.29, 0.717) is 21.5 Å². The summed E-state index contributed by atoms with van der Waals surface area (Å²) in [5.74, 6) is -0.0184. The molecule has 2 heterocycles. The maximum atomic E-state index is 13.5. The molecule has 0 aliphatic heterocycles. The van der Waals surface area contributed by atoms with Crippen molar-refractivity contribution >= 4 is 23.4 Å². The molecule has 0 spiro atoms. The van der Waals surface area contributed by atoms with Crippen molar-refractivity contribution in [3.8, 4) is 0 Å². The molecule has 0 amide bonds. The lowest BCUT2D eigenvalue weighted by atomic mass is 10.3. The molecule has 2 aromatic rings. The largest absolute Gasteiger partial charge is 0.260 e. The Morgan fingerprint density at radius 3 is 2.50 bits per heavy atom. The van der Waals surface area contributed by atoms with Crippen molar-refractivity contribution in [3.63, 3.8) is 0 Å². The molecule has 0 aromatic carbocycles. The molecule has 0 aliphatic rings. The molecule has 0 saturated heterocycles. The average molecular weight is 284 g/mol. The fourth-order valence-corrected chi connectivity index (χ4v) is 2.75. The Balaban J connectivity index is 2.16. The summed E-state index contributed by atoms with van der Waals surface area (Å²) >= 11 is 7.26. The SMILES string of the molecule is Cc1cc(C)nc(SCc2c(F)cncc2Cl)n1. The van der Waals surface area contributed by atoms with Crippen molar-refractivity contribution < 1.29 is 4.39 Å². The first-order valence-corrected chi connectivity index (χ1v) is 6.65. The molecule has 0 aliphatic carbocycles. The zero-order chi connectivity index (χ0) is 13.1. The summed E-state index contributed by atoms with van der Waals surface area (Å²) in [6.07, 6.45) is 2.59. The van der Waals surface area contributed by atoms with Gasteiger partial charge in [-0.3, -0.25) is 4.98 Å². The Kier molecular flexibility index (Phi) is 4.14. The van der Waals surface area contributed by atoms with Crippen LogP contribution in [0.2, 0.25) is 5.02 Å². The second kappa shape index (κ2) is 5.63. The van der Waals surface area contributed by atoms with E-state index in [4.69, 9.17) is 11.6 Å². The van der Waals surface area contributed by atoms with Crippen LogP contribution in [0.15, 0.2) is 23.6 Å². The first-order valence-electron chi connectivity index (χ1n) is 5.29. The summed E-state index contributed by atoms with van der Waals surface area (Å²) in [7, 11) is 0. The van der Waals surface area contributed by atoms with E-state index in [0.717, 1.165) is 17.6 Å². The van der Waals surface area contributed by atoms with Gasteiger partial charge in [-0.2, -0.15) is 0 Å².